The number of nitrogens with one attached hydrogen (secondary N) is 1. The normalized spacial score (nSPS) is 18.2. The Hall–Kier alpha value is -1.88. The number of amides is 2. The molecule has 1 aliphatic rings. The number of likely N-dealkylation sites (tertiary alicyclic amines) is 1. The summed E-state index contributed by atoms with van der Waals surface area (Å²) < 4.78 is 12.9. The van der Waals surface area contributed by atoms with Crippen molar-refractivity contribution in [2.24, 2.45) is 0 Å². The Balaban J connectivity index is 1.71. The van der Waals surface area contributed by atoms with Gasteiger partial charge in [-0.2, -0.15) is 11.3 Å². The number of urea groups is 1. The number of anilines is 1. The molecule has 1 fully saturated rings. The number of hydrogen-bond acceptors (Lipinski definition) is 2. The number of hydrogen-bond donors (Lipinski definition) is 1. The van der Waals surface area contributed by atoms with Crippen molar-refractivity contribution in [3.05, 3.63) is 52.5 Å². The fraction of sp³-hybridized carbons (Fsp3) is 0.267. The number of benzene rings is 1. The SMILES string of the molecule is O=C(Nc1ccc(F)cc1)N1CCC[C@H]1c1ccsc1. The molecule has 1 N–H and O–H groups in total. The third kappa shape index (κ3) is 2.67. The molecule has 20 heavy (non-hydrogen) atoms. The van der Waals surface area contributed by atoms with E-state index in [2.05, 4.69) is 16.8 Å². The Labute approximate surface area is 121 Å². The van der Waals surface area contributed by atoms with Crippen LogP contribution >= 0.6 is 11.3 Å². The molecule has 3 rings (SSSR count). The van der Waals surface area contributed by atoms with Crippen LogP contribution in [0.3, 0.4) is 0 Å². The Morgan fingerprint density at radius 3 is 2.80 bits per heavy atom. The summed E-state index contributed by atoms with van der Waals surface area (Å²) in [4.78, 5) is 14.2. The van der Waals surface area contributed by atoms with Crippen LogP contribution in [0.25, 0.3) is 0 Å². The highest BCUT2D eigenvalue weighted by Crippen LogP contribution is 2.33. The molecule has 1 aliphatic heterocycles. The first kappa shape index (κ1) is 13.1. The number of nitrogens with zero attached hydrogens (tertiary/aromatic N) is 1. The number of carbonyl (C=O) groups is 1. The van der Waals surface area contributed by atoms with Gasteiger partial charge in [-0.1, -0.05) is 0 Å². The van der Waals surface area contributed by atoms with E-state index in [0.717, 1.165) is 19.4 Å². The number of halogens is 1. The van der Waals surface area contributed by atoms with E-state index >= 15 is 0 Å². The minimum atomic E-state index is -0.305. The summed E-state index contributed by atoms with van der Waals surface area (Å²) in [6.45, 7) is 0.757. The lowest BCUT2D eigenvalue weighted by Crippen LogP contribution is -2.34. The molecule has 3 nitrogen and oxygen atoms in total. The van der Waals surface area contributed by atoms with Crippen molar-refractivity contribution in [2.75, 3.05) is 11.9 Å². The largest absolute Gasteiger partial charge is 0.322 e. The highest BCUT2D eigenvalue weighted by molar-refractivity contribution is 7.07. The van der Waals surface area contributed by atoms with Gasteiger partial charge in [0.15, 0.2) is 0 Å². The van der Waals surface area contributed by atoms with E-state index in [4.69, 9.17) is 0 Å². The number of rotatable bonds is 2. The Bertz CT molecular complexity index is 582. The van der Waals surface area contributed by atoms with Crippen molar-refractivity contribution in [1.82, 2.24) is 4.90 Å². The van der Waals surface area contributed by atoms with Gasteiger partial charge in [-0.25, -0.2) is 9.18 Å². The molecule has 0 bridgehead atoms. The molecule has 1 aromatic heterocycles. The minimum Gasteiger partial charge on any atom is -0.317 e. The molecule has 0 saturated carbocycles. The van der Waals surface area contributed by atoms with Crippen LogP contribution < -0.4 is 5.32 Å². The van der Waals surface area contributed by atoms with Crippen LogP contribution in [0.4, 0.5) is 14.9 Å². The monoisotopic (exact) mass is 290 g/mol. The molecule has 0 radical (unpaired) electrons. The van der Waals surface area contributed by atoms with E-state index < -0.39 is 0 Å². The molecular weight excluding hydrogens is 275 g/mol. The van der Waals surface area contributed by atoms with Crippen LogP contribution in [0.2, 0.25) is 0 Å². The Morgan fingerprint density at radius 1 is 1.30 bits per heavy atom. The summed E-state index contributed by atoms with van der Waals surface area (Å²) in [6.07, 6.45) is 2.00. The van der Waals surface area contributed by atoms with Crippen molar-refractivity contribution in [3.63, 3.8) is 0 Å². The zero-order chi connectivity index (χ0) is 13.9. The minimum absolute atomic E-state index is 0.120. The second-order valence-corrected chi connectivity index (χ2v) is 5.63. The summed E-state index contributed by atoms with van der Waals surface area (Å²) in [5, 5.41) is 6.95. The van der Waals surface area contributed by atoms with Gasteiger partial charge in [-0.15, -0.1) is 0 Å². The maximum absolute atomic E-state index is 12.9. The van der Waals surface area contributed by atoms with Crippen LogP contribution in [0.5, 0.6) is 0 Å². The van der Waals surface area contributed by atoms with E-state index in [-0.39, 0.29) is 17.9 Å². The predicted molar refractivity (Wildman–Crippen MR) is 78.4 cm³/mol. The maximum Gasteiger partial charge on any atom is 0.322 e. The lowest BCUT2D eigenvalue weighted by atomic mass is 10.1. The molecule has 104 valence electrons. The Kier molecular flexibility index (Phi) is 3.69. The van der Waals surface area contributed by atoms with Crippen molar-refractivity contribution in [2.45, 2.75) is 18.9 Å². The average Bonchev–Trinajstić information content (AvgIpc) is 3.11. The van der Waals surface area contributed by atoms with Gasteiger partial charge in [-0.3, -0.25) is 0 Å². The predicted octanol–water partition coefficient (Wildman–Crippen LogP) is 4.26. The summed E-state index contributed by atoms with van der Waals surface area (Å²) in [5.74, 6) is -0.305. The topological polar surface area (TPSA) is 32.3 Å². The van der Waals surface area contributed by atoms with Crippen molar-refractivity contribution in [3.8, 4) is 0 Å². The van der Waals surface area contributed by atoms with Gasteiger partial charge in [0.05, 0.1) is 6.04 Å². The molecule has 2 aromatic rings. The molecule has 1 saturated heterocycles. The summed E-state index contributed by atoms with van der Waals surface area (Å²) in [5.41, 5.74) is 1.81. The van der Waals surface area contributed by atoms with Crippen LogP contribution in [0.1, 0.15) is 24.4 Å². The molecule has 5 heteroatoms. The van der Waals surface area contributed by atoms with E-state index in [1.807, 2.05) is 10.3 Å². The van der Waals surface area contributed by atoms with Crippen LogP contribution in [0.15, 0.2) is 41.1 Å². The molecule has 0 unspecified atom stereocenters. The molecule has 2 amide bonds. The van der Waals surface area contributed by atoms with E-state index in [1.165, 1.54) is 17.7 Å². The molecule has 0 aliphatic carbocycles. The summed E-state index contributed by atoms with van der Waals surface area (Å²) >= 11 is 1.65. The van der Waals surface area contributed by atoms with Crippen LogP contribution in [-0.2, 0) is 0 Å². The van der Waals surface area contributed by atoms with Gasteiger partial charge in [0.25, 0.3) is 0 Å². The molecule has 1 aromatic carbocycles. The van der Waals surface area contributed by atoms with E-state index in [9.17, 15) is 9.18 Å². The summed E-state index contributed by atoms with van der Waals surface area (Å²) in [7, 11) is 0. The van der Waals surface area contributed by atoms with Crippen LogP contribution in [0, 0.1) is 5.82 Å². The standard InChI is InChI=1S/C15H15FN2OS/c16-12-3-5-13(6-4-12)17-15(19)18-8-1-2-14(18)11-7-9-20-10-11/h3-7,9-10,14H,1-2,8H2,(H,17,19)/t14-/m0/s1. The molecule has 2 heterocycles. The number of thiophene rings is 1. The van der Waals surface area contributed by atoms with Crippen molar-refractivity contribution >= 4 is 23.1 Å². The third-order valence-electron chi connectivity index (χ3n) is 3.54. The zero-order valence-electron chi connectivity index (χ0n) is 10.9. The quantitative estimate of drug-likeness (QED) is 0.880. The van der Waals surface area contributed by atoms with E-state index in [0.29, 0.717) is 5.69 Å². The lowest BCUT2D eigenvalue weighted by Gasteiger charge is -2.24. The highest BCUT2D eigenvalue weighted by atomic mass is 32.1. The third-order valence-corrected chi connectivity index (χ3v) is 4.24. The number of carbonyl (C=O) groups excluding carboxylic acids is 1. The summed E-state index contributed by atoms with van der Waals surface area (Å²) in [6, 6.07) is 7.93. The lowest BCUT2D eigenvalue weighted by molar-refractivity contribution is 0.207. The molecule has 0 spiro atoms. The van der Waals surface area contributed by atoms with Gasteiger partial charge in [0.1, 0.15) is 5.82 Å². The first-order chi connectivity index (χ1) is 9.74. The van der Waals surface area contributed by atoms with Gasteiger partial charge < -0.3 is 10.2 Å². The smallest absolute Gasteiger partial charge is 0.317 e. The highest BCUT2D eigenvalue weighted by Gasteiger charge is 2.30. The van der Waals surface area contributed by atoms with E-state index in [1.54, 1.807) is 23.5 Å². The first-order valence-corrected chi connectivity index (χ1v) is 7.53. The fourth-order valence-corrected chi connectivity index (χ4v) is 3.26. The second-order valence-electron chi connectivity index (χ2n) is 4.85. The Morgan fingerprint density at radius 2 is 2.10 bits per heavy atom. The van der Waals surface area contributed by atoms with Crippen LogP contribution in [-0.4, -0.2) is 17.5 Å². The first-order valence-electron chi connectivity index (χ1n) is 6.59. The van der Waals surface area contributed by atoms with Gasteiger partial charge in [-0.05, 0) is 59.5 Å². The molecule has 1 atom stereocenters. The van der Waals surface area contributed by atoms with Gasteiger partial charge in [0.2, 0.25) is 0 Å². The fourth-order valence-electron chi connectivity index (χ4n) is 2.55. The van der Waals surface area contributed by atoms with Gasteiger partial charge >= 0.3 is 6.03 Å². The maximum atomic E-state index is 12.9. The molecular formula is C15H15FN2OS. The van der Waals surface area contributed by atoms with Crippen molar-refractivity contribution in [1.29, 1.82) is 0 Å². The van der Waals surface area contributed by atoms with Gasteiger partial charge in [0, 0.05) is 12.2 Å². The zero-order valence-corrected chi connectivity index (χ0v) is 11.7. The second kappa shape index (κ2) is 5.63. The average molecular weight is 290 g/mol. The van der Waals surface area contributed by atoms with Crippen molar-refractivity contribution < 1.29 is 9.18 Å².